The molecule has 1 unspecified atom stereocenters. The van der Waals surface area contributed by atoms with Crippen molar-refractivity contribution in [2.75, 3.05) is 21.1 Å². The van der Waals surface area contributed by atoms with Crippen LogP contribution in [0.3, 0.4) is 0 Å². The van der Waals surface area contributed by atoms with Crippen LogP contribution in [0.15, 0.2) is 12.2 Å². The number of carbonyl (C=O) groups is 1. The van der Waals surface area contributed by atoms with Crippen LogP contribution in [-0.4, -0.2) is 37.8 Å². The Bertz CT molecular complexity index is 199. The van der Waals surface area contributed by atoms with E-state index in [1.54, 1.807) is 6.92 Å². The molecule has 0 spiro atoms. The van der Waals surface area contributed by atoms with E-state index >= 15 is 0 Å². The molecule has 0 radical (unpaired) electrons. The molecule has 86 valence electrons. The van der Waals surface area contributed by atoms with E-state index in [4.69, 9.17) is 4.74 Å². The van der Waals surface area contributed by atoms with Gasteiger partial charge in [0.1, 0.15) is 0 Å². The van der Waals surface area contributed by atoms with Gasteiger partial charge in [0.25, 0.3) is 0 Å². The minimum absolute atomic E-state index is 0. The molecule has 1 atom stereocenters. The van der Waals surface area contributed by atoms with Gasteiger partial charge >= 0.3 is 5.97 Å². The van der Waals surface area contributed by atoms with Gasteiger partial charge < -0.3 is 10.9 Å². The molecule has 3 N–H and O–H groups in total. The molecule has 0 aromatic rings. The average Bonchev–Trinajstić information content (AvgIpc) is 1.85. The Hall–Kier alpha value is -0.140. The van der Waals surface area contributed by atoms with Crippen molar-refractivity contribution in [2.24, 2.45) is 0 Å². The topological polar surface area (TPSA) is 61.3 Å². The Balaban J connectivity index is -0.000000605. The molecule has 0 saturated carbocycles. The van der Waals surface area contributed by atoms with Gasteiger partial charge in [-0.1, -0.05) is 6.58 Å². The van der Waals surface area contributed by atoms with Crippen molar-refractivity contribution < 1.29 is 14.0 Å². The number of quaternary nitrogens is 1. The summed E-state index contributed by atoms with van der Waals surface area (Å²) in [5, 5.41) is 0. The summed E-state index contributed by atoms with van der Waals surface area (Å²) in [6, 6.07) is 0. The molecule has 0 aromatic carbocycles. The van der Waals surface area contributed by atoms with Crippen LogP contribution < -0.4 is 6.15 Å². The lowest BCUT2D eigenvalue weighted by Gasteiger charge is -2.30. The van der Waals surface area contributed by atoms with Crippen LogP contribution in [0.25, 0.3) is 0 Å². The van der Waals surface area contributed by atoms with Gasteiger partial charge in [-0.3, -0.25) is 4.48 Å². The van der Waals surface area contributed by atoms with E-state index in [9.17, 15) is 4.79 Å². The number of nitrogens with zero attached hydrogens (tertiary/aromatic N) is 1. The Morgan fingerprint density at radius 2 is 1.71 bits per heavy atom. The van der Waals surface area contributed by atoms with Gasteiger partial charge in [0.05, 0.1) is 21.1 Å². The van der Waals surface area contributed by atoms with Crippen molar-refractivity contribution in [3.63, 3.8) is 0 Å². The zero-order chi connectivity index (χ0) is 9.94. The molecule has 0 heterocycles. The second-order valence-electron chi connectivity index (χ2n) is 3.90. The van der Waals surface area contributed by atoms with Gasteiger partial charge in [-0.05, 0) is 6.92 Å². The largest absolute Gasteiger partial charge is 0.409 e. The Morgan fingerprint density at radius 3 is 1.93 bits per heavy atom. The molecule has 4 nitrogen and oxygen atoms in total. The van der Waals surface area contributed by atoms with E-state index in [2.05, 4.69) is 6.58 Å². The van der Waals surface area contributed by atoms with E-state index in [1.807, 2.05) is 28.1 Å². The van der Waals surface area contributed by atoms with Crippen LogP contribution >= 0.6 is 24.0 Å². The van der Waals surface area contributed by atoms with E-state index < -0.39 is 0 Å². The minimum Gasteiger partial charge on any atom is -0.409 e. The standard InChI is InChI=1S/C9H18NO2.HI.H3N/c1-7(2)9(11)12-8(3)10(4,5)6;;/h8H,1H2,2-6H3;1H;1H3/q+1;;. The number of esters is 1. The molecular weight excluding hydrogens is 295 g/mol. The summed E-state index contributed by atoms with van der Waals surface area (Å²) < 4.78 is 5.71. The van der Waals surface area contributed by atoms with Crippen LogP contribution in [0, 0.1) is 0 Å². The molecule has 0 aromatic heterocycles. The van der Waals surface area contributed by atoms with Gasteiger partial charge in [-0.25, -0.2) is 4.79 Å². The lowest BCUT2D eigenvalue weighted by atomic mass is 10.3. The summed E-state index contributed by atoms with van der Waals surface area (Å²) in [5.74, 6) is -0.324. The molecule has 0 saturated heterocycles. The monoisotopic (exact) mass is 317 g/mol. The van der Waals surface area contributed by atoms with Gasteiger partial charge in [0.2, 0.25) is 6.23 Å². The zero-order valence-electron chi connectivity index (χ0n) is 9.66. The molecule has 0 bridgehead atoms. The van der Waals surface area contributed by atoms with Gasteiger partial charge in [-0.15, -0.1) is 24.0 Å². The van der Waals surface area contributed by atoms with E-state index in [1.165, 1.54) is 0 Å². The first kappa shape index (κ1) is 19.4. The number of carbonyl (C=O) groups excluding carboxylic acids is 1. The Kier molecular flexibility index (Phi) is 9.98. The first-order valence-electron chi connectivity index (χ1n) is 3.92. The Labute approximate surface area is 103 Å². The maximum Gasteiger partial charge on any atom is 0.337 e. The highest BCUT2D eigenvalue weighted by Crippen LogP contribution is 2.06. The minimum atomic E-state index is -0.324. The predicted octanol–water partition coefficient (Wildman–Crippen LogP) is 1.94. The molecule has 0 amide bonds. The fraction of sp³-hybridized carbons (Fsp3) is 0.667. The number of halogens is 1. The van der Waals surface area contributed by atoms with E-state index in [-0.39, 0.29) is 42.3 Å². The third-order valence-electron chi connectivity index (χ3n) is 1.72. The molecular formula is C9H22IN2O2+. The predicted molar refractivity (Wildman–Crippen MR) is 68.8 cm³/mol. The van der Waals surface area contributed by atoms with Crippen molar-refractivity contribution in [3.05, 3.63) is 12.2 Å². The fourth-order valence-electron chi connectivity index (χ4n) is 0.414. The smallest absolute Gasteiger partial charge is 0.337 e. The second-order valence-corrected chi connectivity index (χ2v) is 3.90. The third kappa shape index (κ3) is 7.28. The number of ether oxygens (including phenoxy) is 1. The number of hydrogen-bond donors (Lipinski definition) is 1. The third-order valence-corrected chi connectivity index (χ3v) is 1.72. The summed E-state index contributed by atoms with van der Waals surface area (Å²) in [5.41, 5.74) is 0.440. The highest BCUT2D eigenvalue weighted by Gasteiger charge is 2.22. The summed E-state index contributed by atoms with van der Waals surface area (Å²) in [7, 11) is 5.91. The summed E-state index contributed by atoms with van der Waals surface area (Å²) in [4.78, 5) is 11.1. The van der Waals surface area contributed by atoms with Crippen LogP contribution in [-0.2, 0) is 9.53 Å². The molecule has 5 heteroatoms. The molecule has 0 aliphatic rings. The molecule has 0 aliphatic heterocycles. The summed E-state index contributed by atoms with van der Waals surface area (Å²) >= 11 is 0. The molecule has 0 fully saturated rings. The normalized spacial score (nSPS) is 11.8. The number of hydrogen-bond acceptors (Lipinski definition) is 3. The highest BCUT2D eigenvalue weighted by atomic mass is 127. The maximum atomic E-state index is 11.1. The molecule has 14 heavy (non-hydrogen) atoms. The molecule has 0 rings (SSSR count). The average molecular weight is 317 g/mol. The van der Waals surface area contributed by atoms with Crippen LogP contribution in [0.4, 0.5) is 0 Å². The van der Waals surface area contributed by atoms with Crippen LogP contribution in [0.5, 0.6) is 0 Å². The SMILES string of the molecule is C=C(C)C(=O)OC(C)[N+](C)(C)C.I.N. The summed E-state index contributed by atoms with van der Waals surface area (Å²) in [6.45, 7) is 7.01. The van der Waals surface area contributed by atoms with Crippen molar-refractivity contribution >= 4 is 29.9 Å². The first-order chi connectivity index (χ1) is 5.25. The van der Waals surface area contributed by atoms with E-state index in [0.717, 1.165) is 0 Å². The first-order valence-corrected chi connectivity index (χ1v) is 3.92. The second kappa shape index (κ2) is 7.19. The van der Waals surface area contributed by atoms with Crippen LogP contribution in [0.2, 0.25) is 0 Å². The summed E-state index contributed by atoms with van der Waals surface area (Å²) in [6.07, 6.45) is -0.144. The zero-order valence-corrected chi connectivity index (χ0v) is 12.0. The fourth-order valence-corrected chi connectivity index (χ4v) is 0.414. The van der Waals surface area contributed by atoms with Crippen LogP contribution in [0.1, 0.15) is 13.8 Å². The van der Waals surface area contributed by atoms with Crippen molar-refractivity contribution in [1.82, 2.24) is 6.15 Å². The van der Waals surface area contributed by atoms with Gasteiger partial charge in [0, 0.05) is 12.5 Å². The lowest BCUT2D eigenvalue weighted by Crippen LogP contribution is -2.45. The van der Waals surface area contributed by atoms with Gasteiger partial charge in [-0.2, -0.15) is 0 Å². The van der Waals surface area contributed by atoms with Gasteiger partial charge in [0.15, 0.2) is 0 Å². The van der Waals surface area contributed by atoms with Crippen molar-refractivity contribution in [3.8, 4) is 0 Å². The lowest BCUT2D eigenvalue weighted by molar-refractivity contribution is -0.914. The quantitative estimate of drug-likeness (QED) is 0.284. The van der Waals surface area contributed by atoms with Crippen molar-refractivity contribution in [2.45, 2.75) is 20.1 Å². The maximum absolute atomic E-state index is 11.1. The molecule has 0 aliphatic carbocycles. The van der Waals surface area contributed by atoms with Crippen molar-refractivity contribution in [1.29, 1.82) is 0 Å². The van der Waals surface area contributed by atoms with E-state index in [0.29, 0.717) is 10.1 Å². The Morgan fingerprint density at radius 1 is 1.36 bits per heavy atom. The number of rotatable bonds is 3. The highest BCUT2D eigenvalue weighted by molar-refractivity contribution is 14.0.